The summed E-state index contributed by atoms with van der Waals surface area (Å²) in [5, 5.41) is 0.117. The molecule has 1 aliphatic carbocycles. The van der Waals surface area contributed by atoms with E-state index in [1.54, 1.807) is 6.92 Å². The van der Waals surface area contributed by atoms with Crippen molar-refractivity contribution in [1.29, 1.82) is 0 Å². The number of terminal acetylenes is 1. The van der Waals surface area contributed by atoms with Crippen LogP contribution in [0.4, 0.5) is 0 Å². The highest BCUT2D eigenvalue weighted by atomic mass is 32.2. The average Bonchev–Trinajstić information content (AvgIpc) is 2.98. The minimum Gasteiger partial charge on any atom is -0.332 e. The first kappa shape index (κ1) is 12.1. The van der Waals surface area contributed by atoms with Gasteiger partial charge in [0.1, 0.15) is 5.82 Å². The highest BCUT2D eigenvalue weighted by molar-refractivity contribution is 7.89. The number of nitrogens with one attached hydrogen (secondary N) is 1. The third-order valence-corrected chi connectivity index (χ3v) is 4.45. The van der Waals surface area contributed by atoms with Crippen molar-refractivity contribution >= 4 is 10.0 Å². The Kier molecular flexibility index (Phi) is 3.22. The Morgan fingerprint density at radius 3 is 2.82 bits per heavy atom. The van der Waals surface area contributed by atoms with Gasteiger partial charge in [0.05, 0.1) is 12.7 Å². The second kappa shape index (κ2) is 4.51. The molecular weight excluding hydrogens is 238 g/mol. The van der Waals surface area contributed by atoms with E-state index in [1.807, 2.05) is 0 Å². The summed E-state index contributed by atoms with van der Waals surface area (Å²) >= 11 is 0. The van der Waals surface area contributed by atoms with Crippen LogP contribution in [0.1, 0.15) is 18.7 Å². The second-order valence-corrected chi connectivity index (χ2v) is 6.18. The average molecular weight is 253 g/mol. The number of nitrogens with zero attached hydrogens (tertiary/aromatic N) is 2. The topological polar surface area (TPSA) is 66.1 Å². The van der Waals surface area contributed by atoms with Crippen LogP contribution in [0.15, 0.2) is 11.2 Å². The zero-order valence-electron chi connectivity index (χ0n) is 9.68. The number of sulfonamides is 1. The summed E-state index contributed by atoms with van der Waals surface area (Å²) in [5.74, 6) is 3.44. The monoisotopic (exact) mass is 253 g/mol. The van der Waals surface area contributed by atoms with E-state index in [1.165, 1.54) is 10.5 Å². The van der Waals surface area contributed by atoms with Gasteiger partial charge in [-0.25, -0.2) is 13.4 Å². The van der Waals surface area contributed by atoms with Crippen molar-refractivity contribution < 1.29 is 8.42 Å². The molecule has 1 heterocycles. The molecule has 0 radical (unpaired) electrons. The summed E-state index contributed by atoms with van der Waals surface area (Å²) in [5.41, 5.74) is 0. The number of aromatic amines is 1. The van der Waals surface area contributed by atoms with Crippen LogP contribution in [-0.2, 0) is 10.0 Å². The molecule has 0 saturated heterocycles. The van der Waals surface area contributed by atoms with Crippen LogP contribution >= 0.6 is 0 Å². The molecule has 0 amide bonds. The minimum absolute atomic E-state index is 0.108. The number of hydrogen-bond acceptors (Lipinski definition) is 3. The molecule has 0 aromatic carbocycles. The lowest BCUT2D eigenvalue weighted by atomic mass is 10.4. The number of rotatable bonds is 5. The Balaban J connectivity index is 2.24. The second-order valence-electron chi connectivity index (χ2n) is 4.28. The van der Waals surface area contributed by atoms with E-state index < -0.39 is 10.0 Å². The van der Waals surface area contributed by atoms with Crippen LogP contribution in [0.25, 0.3) is 0 Å². The maximum absolute atomic E-state index is 12.3. The summed E-state index contributed by atoms with van der Waals surface area (Å²) < 4.78 is 25.9. The fourth-order valence-electron chi connectivity index (χ4n) is 1.61. The van der Waals surface area contributed by atoms with Gasteiger partial charge in [-0.1, -0.05) is 5.92 Å². The van der Waals surface area contributed by atoms with Crippen molar-refractivity contribution in [2.45, 2.75) is 24.8 Å². The molecule has 0 bridgehead atoms. The van der Waals surface area contributed by atoms with Gasteiger partial charge >= 0.3 is 0 Å². The van der Waals surface area contributed by atoms with Crippen LogP contribution in [-0.4, -0.2) is 35.8 Å². The molecule has 1 saturated carbocycles. The number of aryl methyl sites for hydroxylation is 1. The van der Waals surface area contributed by atoms with E-state index in [2.05, 4.69) is 15.9 Å². The lowest BCUT2D eigenvalue weighted by Crippen LogP contribution is -2.33. The summed E-state index contributed by atoms with van der Waals surface area (Å²) in [7, 11) is -3.52. The quantitative estimate of drug-likeness (QED) is 0.788. The van der Waals surface area contributed by atoms with Crippen LogP contribution in [0, 0.1) is 25.2 Å². The SMILES string of the molecule is C#CCN(CC1CC1)S(=O)(=O)c1cnc(C)[nH]1. The number of H-pyrrole nitrogens is 1. The molecule has 6 heteroatoms. The lowest BCUT2D eigenvalue weighted by Gasteiger charge is -2.18. The summed E-state index contributed by atoms with van der Waals surface area (Å²) in [4.78, 5) is 6.65. The first-order chi connectivity index (χ1) is 8.04. The first-order valence-electron chi connectivity index (χ1n) is 5.49. The van der Waals surface area contributed by atoms with E-state index in [4.69, 9.17) is 6.42 Å². The third kappa shape index (κ3) is 2.68. The highest BCUT2D eigenvalue weighted by Crippen LogP contribution is 2.31. The van der Waals surface area contributed by atoms with E-state index in [0.717, 1.165) is 12.8 Å². The molecule has 2 rings (SSSR count). The molecule has 17 heavy (non-hydrogen) atoms. The zero-order chi connectivity index (χ0) is 12.5. The molecule has 1 N–H and O–H groups in total. The number of aromatic nitrogens is 2. The minimum atomic E-state index is -3.52. The van der Waals surface area contributed by atoms with Crippen molar-refractivity contribution in [2.75, 3.05) is 13.1 Å². The molecule has 1 aromatic rings. The normalized spacial score (nSPS) is 16.1. The fraction of sp³-hybridized carbons (Fsp3) is 0.545. The molecular formula is C11H15N3O2S. The Morgan fingerprint density at radius 2 is 2.35 bits per heavy atom. The third-order valence-electron chi connectivity index (χ3n) is 2.72. The largest absolute Gasteiger partial charge is 0.332 e. The Morgan fingerprint density at radius 1 is 1.65 bits per heavy atom. The number of hydrogen-bond donors (Lipinski definition) is 1. The maximum Gasteiger partial charge on any atom is 0.261 e. The van der Waals surface area contributed by atoms with Crippen molar-refractivity contribution in [3.05, 3.63) is 12.0 Å². The fourth-order valence-corrected chi connectivity index (χ4v) is 3.00. The number of imidazole rings is 1. The van der Waals surface area contributed by atoms with Crippen molar-refractivity contribution in [3.63, 3.8) is 0 Å². The van der Waals surface area contributed by atoms with Gasteiger partial charge in [0, 0.05) is 6.54 Å². The van der Waals surface area contributed by atoms with E-state index in [-0.39, 0.29) is 11.6 Å². The summed E-state index contributed by atoms with van der Waals surface area (Å²) in [6.07, 6.45) is 8.72. The molecule has 0 unspecified atom stereocenters. The van der Waals surface area contributed by atoms with Gasteiger partial charge in [-0.05, 0) is 25.7 Å². The highest BCUT2D eigenvalue weighted by Gasteiger charge is 2.32. The van der Waals surface area contributed by atoms with E-state index in [9.17, 15) is 8.42 Å². The van der Waals surface area contributed by atoms with Gasteiger partial charge in [-0.15, -0.1) is 6.42 Å². The zero-order valence-corrected chi connectivity index (χ0v) is 10.5. The van der Waals surface area contributed by atoms with Gasteiger partial charge < -0.3 is 4.98 Å². The molecule has 1 fully saturated rings. The summed E-state index contributed by atoms with van der Waals surface area (Å²) in [6.45, 7) is 2.33. The van der Waals surface area contributed by atoms with Gasteiger partial charge in [-0.3, -0.25) is 0 Å². The Labute approximate surface area is 101 Å². The molecule has 1 aromatic heterocycles. The van der Waals surface area contributed by atoms with Gasteiger partial charge in [0.15, 0.2) is 5.03 Å². The van der Waals surface area contributed by atoms with Gasteiger partial charge in [0.2, 0.25) is 0 Å². The molecule has 0 aliphatic heterocycles. The van der Waals surface area contributed by atoms with Crippen LogP contribution in [0.3, 0.4) is 0 Å². The molecule has 92 valence electrons. The van der Waals surface area contributed by atoms with Crippen LogP contribution < -0.4 is 0 Å². The Bertz CT molecular complexity index is 537. The molecule has 5 nitrogen and oxygen atoms in total. The van der Waals surface area contributed by atoms with Crippen molar-refractivity contribution in [2.24, 2.45) is 5.92 Å². The van der Waals surface area contributed by atoms with Crippen molar-refractivity contribution in [3.8, 4) is 12.3 Å². The van der Waals surface area contributed by atoms with E-state index in [0.29, 0.717) is 18.3 Å². The summed E-state index contributed by atoms with van der Waals surface area (Å²) in [6, 6.07) is 0. The van der Waals surface area contributed by atoms with Crippen LogP contribution in [0.2, 0.25) is 0 Å². The Hall–Kier alpha value is -1.32. The first-order valence-corrected chi connectivity index (χ1v) is 6.93. The predicted octanol–water partition coefficient (Wildman–Crippen LogP) is 0.752. The van der Waals surface area contributed by atoms with Crippen LogP contribution in [0.5, 0.6) is 0 Å². The smallest absolute Gasteiger partial charge is 0.261 e. The lowest BCUT2D eigenvalue weighted by molar-refractivity contribution is 0.428. The van der Waals surface area contributed by atoms with Gasteiger partial charge in [-0.2, -0.15) is 4.31 Å². The molecule has 0 atom stereocenters. The standard InChI is InChI=1S/C11H15N3O2S/c1-3-6-14(8-10-4-5-10)17(15,16)11-7-12-9(2)13-11/h1,7,10H,4-6,8H2,2H3,(H,12,13). The van der Waals surface area contributed by atoms with Crippen molar-refractivity contribution in [1.82, 2.24) is 14.3 Å². The van der Waals surface area contributed by atoms with Gasteiger partial charge in [0.25, 0.3) is 10.0 Å². The predicted molar refractivity (Wildman–Crippen MR) is 63.6 cm³/mol. The van der Waals surface area contributed by atoms with E-state index >= 15 is 0 Å². The maximum atomic E-state index is 12.3. The molecule has 0 spiro atoms. The molecule has 1 aliphatic rings.